The van der Waals surface area contributed by atoms with Crippen molar-refractivity contribution in [3.05, 3.63) is 70.5 Å². The Bertz CT molecular complexity index is 896. The Morgan fingerprint density at radius 3 is 2.79 bits per heavy atom. The van der Waals surface area contributed by atoms with Gasteiger partial charge in [-0.3, -0.25) is 0 Å². The van der Waals surface area contributed by atoms with Crippen molar-refractivity contribution < 1.29 is 13.2 Å². The summed E-state index contributed by atoms with van der Waals surface area (Å²) in [5.41, 5.74) is 0.462. The number of rotatable bonds is 5. The lowest BCUT2D eigenvalue weighted by atomic mass is 9.81. The normalized spacial score (nSPS) is 24.1. The van der Waals surface area contributed by atoms with Gasteiger partial charge in [0.15, 0.2) is 0 Å². The van der Waals surface area contributed by atoms with Gasteiger partial charge in [0, 0.05) is 0 Å². The molecule has 0 fully saturated rings. The first-order chi connectivity index (χ1) is 12.8. The van der Waals surface area contributed by atoms with Gasteiger partial charge in [0.05, 0.1) is 22.3 Å². The van der Waals surface area contributed by atoms with E-state index in [0.717, 1.165) is 13.0 Å². The summed E-state index contributed by atoms with van der Waals surface area (Å²) in [6, 6.07) is 9.15. The van der Waals surface area contributed by atoms with Gasteiger partial charge < -0.3 is 9.64 Å². The lowest BCUT2D eigenvalue weighted by Gasteiger charge is -2.31. The number of ether oxygens (including phenoxy) is 1. The van der Waals surface area contributed by atoms with Crippen LogP contribution in [0.1, 0.15) is 39.2 Å². The van der Waals surface area contributed by atoms with Crippen LogP contribution in [0.2, 0.25) is 0 Å². The summed E-state index contributed by atoms with van der Waals surface area (Å²) in [5, 5.41) is 9.26. The second-order valence-corrected chi connectivity index (χ2v) is 6.20. The van der Waals surface area contributed by atoms with Crippen LogP contribution in [0.5, 0.6) is 0 Å². The topological polar surface area (TPSA) is 36.3 Å². The minimum absolute atomic E-state index is 0.0574. The monoisotopic (exact) mass is 327 g/mol. The molecule has 1 heterocycles. The number of hydrogen-bond acceptors (Lipinski definition) is 3. The zero-order valence-corrected chi connectivity index (χ0v) is 13.8. The Morgan fingerprint density at radius 2 is 2.12 bits per heavy atom. The van der Waals surface area contributed by atoms with E-state index in [2.05, 4.69) is 0 Å². The number of nitrogens with zero attached hydrogens (tertiary/aromatic N) is 2. The van der Waals surface area contributed by atoms with E-state index in [1.165, 1.54) is 18.2 Å². The predicted octanol–water partition coefficient (Wildman–Crippen LogP) is 3.81. The van der Waals surface area contributed by atoms with Crippen LogP contribution in [0.3, 0.4) is 0 Å². The number of halogens is 1. The van der Waals surface area contributed by atoms with Crippen LogP contribution in [0.25, 0.3) is 0 Å². The number of fused-ring (bicyclic) bond motifs is 1. The molecule has 4 heteroatoms. The van der Waals surface area contributed by atoms with Crippen LogP contribution in [-0.2, 0) is 16.9 Å². The lowest BCUT2D eigenvalue weighted by Crippen LogP contribution is -2.28. The molecule has 0 radical (unpaired) electrons. The molecule has 0 saturated heterocycles. The molecule has 1 aliphatic heterocycles. The molecule has 0 saturated carbocycles. The fourth-order valence-electron chi connectivity index (χ4n) is 3.10. The van der Waals surface area contributed by atoms with E-state index in [1.54, 1.807) is 12.1 Å². The third kappa shape index (κ3) is 3.06. The summed E-state index contributed by atoms with van der Waals surface area (Å²) in [6.45, 7) is -0.341. The van der Waals surface area contributed by atoms with Crippen molar-refractivity contribution in [2.75, 3.05) is 20.6 Å². The van der Waals surface area contributed by atoms with Gasteiger partial charge in [0.2, 0.25) is 0 Å². The SMILES string of the molecule is [2H]c1cc2c(c([2H])c1C#N)C([2H])O[C@@]2(CCCN(C)C)c1ccc(F)cc1. The molecular formula is C20H21FN2O. The van der Waals surface area contributed by atoms with Crippen molar-refractivity contribution in [1.82, 2.24) is 4.90 Å². The van der Waals surface area contributed by atoms with E-state index >= 15 is 0 Å². The zero-order valence-electron chi connectivity index (χ0n) is 16.8. The fraction of sp³-hybridized carbons (Fsp3) is 0.350. The van der Waals surface area contributed by atoms with Gasteiger partial charge in [-0.15, -0.1) is 0 Å². The van der Waals surface area contributed by atoms with Crippen LogP contribution in [0.4, 0.5) is 4.39 Å². The average Bonchev–Trinajstić information content (AvgIpc) is 2.88. The average molecular weight is 327 g/mol. The van der Waals surface area contributed by atoms with E-state index in [-0.39, 0.29) is 23.5 Å². The molecule has 1 unspecified atom stereocenters. The molecule has 0 aliphatic carbocycles. The molecule has 2 atom stereocenters. The summed E-state index contributed by atoms with van der Waals surface area (Å²) in [4.78, 5) is 2.04. The Kier molecular flexibility index (Phi) is 3.67. The van der Waals surface area contributed by atoms with E-state index in [0.29, 0.717) is 23.1 Å². The fourth-order valence-corrected chi connectivity index (χ4v) is 3.10. The van der Waals surface area contributed by atoms with Gasteiger partial charge in [-0.25, -0.2) is 4.39 Å². The molecule has 0 bridgehead atoms. The Morgan fingerprint density at radius 1 is 1.38 bits per heavy atom. The van der Waals surface area contributed by atoms with Crippen molar-refractivity contribution in [2.24, 2.45) is 0 Å². The van der Waals surface area contributed by atoms with Crippen molar-refractivity contribution in [2.45, 2.75) is 25.0 Å². The summed E-state index contributed by atoms with van der Waals surface area (Å²) in [6.07, 6.45) is 1.27. The maximum atomic E-state index is 13.5. The van der Waals surface area contributed by atoms with Crippen LogP contribution in [-0.4, -0.2) is 25.5 Å². The Balaban J connectivity index is 2.19. The maximum absolute atomic E-state index is 13.5. The van der Waals surface area contributed by atoms with Gasteiger partial charge in [-0.05, 0) is 74.4 Å². The molecule has 1 aliphatic rings. The van der Waals surface area contributed by atoms with Crippen molar-refractivity contribution in [3.8, 4) is 6.07 Å². The molecule has 2 aromatic carbocycles. The van der Waals surface area contributed by atoms with Crippen molar-refractivity contribution in [3.63, 3.8) is 0 Å². The largest absolute Gasteiger partial charge is 0.361 e. The molecule has 0 amide bonds. The zero-order chi connectivity index (χ0) is 19.8. The van der Waals surface area contributed by atoms with Crippen molar-refractivity contribution >= 4 is 0 Å². The minimum Gasteiger partial charge on any atom is -0.361 e. The third-order valence-corrected chi connectivity index (χ3v) is 4.28. The highest BCUT2D eigenvalue weighted by Crippen LogP contribution is 2.45. The highest BCUT2D eigenvalue weighted by atomic mass is 19.1. The quantitative estimate of drug-likeness (QED) is 0.838. The molecule has 3 nitrogen and oxygen atoms in total. The van der Waals surface area contributed by atoms with Gasteiger partial charge in [0.25, 0.3) is 0 Å². The minimum atomic E-state index is -1.13. The van der Waals surface area contributed by atoms with E-state index in [1.807, 2.05) is 25.1 Å². The lowest BCUT2D eigenvalue weighted by molar-refractivity contribution is -0.0140. The molecule has 124 valence electrons. The first-order valence-corrected chi connectivity index (χ1v) is 7.85. The van der Waals surface area contributed by atoms with Crippen LogP contribution >= 0.6 is 0 Å². The van der Waals surface area contributed by atoms with Crippen LogP contribution in [0.15, 0.2) is 42.4 Å². The summed E-state index contributed by atoms with van der Waals surface area (Å²) in [7, 11) is 3.93. The molecule has 0 N–H and O–H groups in total. The highest BCUT2D eigenvalue weighted by Gasteiger charge is 2.41. The van der Waals surface area contributed by atoms with Crippen molar-refractivity contribution in [1.29, 1.82) is 5.26 Å². The number of hydrogen-bond donors (Lipinski definition) is 0. The van der Waals surface area contributed by atoms with Crippen LogP contribution < -0.4 is 0 Å². The Hall–Kier alpha value is -2.22. The van der Waals surface area contributed by atoms with Gasteiger partial charge in [0.1, 0.15) is 11.4 Å². The summed E-state index contributed by atoms with van der Waals surface area (Å²) < 4.78 is 44.4. The first-order valence-electron chi connectivity index (χ1n) is 9.43. The van der Waals surface area contributed by atoms with Gasteiger partial charge >= 0.3 is 0 Å². The molecule has 0 aromatic heterocycles. The molecular weight excluding hydrogens is 303 g/mol. The molecule has 2 aromatic rings. The number of benzene rings is 2. The van der Waals surface area contributed by atoms with Gasteiger partial charge in [-0.2, -0.15) is 5.26 Å². The standard InChI is InChI=1S/C20H21FN2O/c1-23(2)11-3-10-20(17-5-7-18(21)8-6-17)19-9-4-15(13-22)12-16(19)14-24-20/h4-9,12H,3,10-11,14H2,1-2H3/t20-/m0/s1/i4D,12D,14D/t14?,20-. The second kappa shape index (κ2) is 6.72. The second-order valence-electron chi connectivity index (χ2n) is 6.20. The third-order valence-electron chi connectivity index (χ3n) is 4.28. The van der Waals surface area contributed by atoms with Gasteiger partial charge in [-0.1, -0.05) is 18.2 Å². The van der Waals surface area contributed by atoms with E-state index < -0.39 is 12.2 Å². The number of nitriles is 1. The molecule has 24 heavy (non-hydrogen) atoms. The molecule has 3 rings (SSSR count). The maximum Gasteiger partial charge on any atom is 0.123 e. The van der Waals surface area contributed by atoms with E-state index in [9.17, 15) is 9.65 Å². The smallest absolute Gasteiger partial charge is 0.123 e. The first kappa shape index (κ1) is 13.1. The molecule has 0 spiro atoms. The van der Waals surface area contributed by atoms with E-state index in [4.69, 9.17) is 8.85 Å². The Labute approximate surface area is 146 Å². The van der Waals surface area contributed by atoms with Crippen LogP contribution in [0, 0.1) is 17.1 Å². The predicted molar refractivity (Wildman–Crippen MR) is 90.9 cm³/mol. The highest BCUT2D eigenvalue weighted by molar-refractivity contribution is 5.47. The summed E-state index contributed by atoms with van der Waals surface area (Å²) in [5.74, 6) is -0.370. The summed E-state index contributed by atoms with van der Waals surface area (Å²) >= 11 is 0.